The number of methoxy groups -OCH3 is 1. The Bertz CT molecular complexity index is 428. The van der Waals surface area contributed by atoms with Gasteiger partial charge in [0.25, 0.3) is 0 Å². The fourth-order valence-electron chi connectivity index (χ4n) is 0.840. The van der Waals surface area contributed by atoms with Crippen LogP contribution in [-0.4, -0.2) is 27.2 Å². The molecule has 0 saturated carbocycles. The van der Waals surface area contributed by atoms with E-state index in [4.69, 9.17) is 4.42 Å². The highest BCUT2D eigenvalue weighted by Gasteiger charge is 2.19. The lowest BCUT2D eigenvalue weighted by Gasteiger charge is -1.95. The van der Waals surface area contributed by atoms with Crippen molar-refractivity contribution in [3.05, 3.63) is 17.9 Å². The molecule has 0 radical (unpaired) electrons. The van der Waals surface area contributed by atoms with Gasteiger partial charge >= 0.3 is 5.97 Å². The van der Waals surface area contributed by atoms with Gasteiger partial charge in [0.2, 0.25) is 20.7 Å². The van der Waals surface area contributed by atoms with E-state index < -0.39 is 15.8 Å². The molecule has 0 spiro atoms. The summed E-state index contributed by atoms with van der Waals surface area (Å²) in [4.78, 5) is 10.9. The zero-order chi connectivity index (χ0) is 10.8. The Morgan fingerprint density at radius 2 is 2.14 bits per heavy atom. The van der Waals surface area contributed by atoms with Gasteiger partial charge in [-0.3, -0.25) is 0 Å². The summed E-state index contributed by atoms with van der Waals surface area (Å²) in [5, 5.41) is -0.208. The first-order chi connectivity index (χ1) is 6.51. The summed E-state index contributed by atoms with van der Waals surface area (Å²) in [7, 11) is -2.20. The molecule has 78 valence electrons. The van der Waals surface area contributed by atoms with Gasteiger partial charge in [0.1, 0.15) is 0 Å². The molecule has 1 heterocycles. The van der Waals surface area contributed by atoms with E-state index in [1.54, 1.807) is 0 Å². The minimum Gasteiger partial charge on any atom is -0.463 e. The molecule has 14 heavy (non-hydrogen) atoms. The summed E-state index contributed by atoms with van der Waals surface area (Å²) in [6.45, 7) is 1.50. The number of rotatable bonds is 3. The number of hydrogen-bond donors (Lipinski definition) is 0. The summed E-state index contributed by atoms with van der Waals surface area (Å²) < 4.78 is 31.8. The second-order valence-electron chi connectivity index (χ2n) is 2.51. The summed E-state index contributed by atoms with van der Waals surface area (Å²) >= 11 is 0. The molecule has 0 unspecified atom stereocenters. The van der Waals surface area contributed by atoms with E-state index in [0.717, 1.165) is 0 Å². The number of esters is 1. The Labute approximate surface area is 81.6 Å². The molecule has 1 rings (SSSR count). The van der Waals surface area contributed by atoms with Crippen LogP contribution in [0.15, 0.2) is 21.6 Å². The van der Waals surface area contributed by atoms with Crippen molar-refractivity contribution in [3.8, 4) is 0 Å². The maximum absolute atomic E-state index is 11.3. The largest absolute Gasteiger partial charge is 0.463 e. The number of furan rings is 1. The maximum atomic E-state index is 11.3. The second-order valence-corrected chi connectivity index (χ2v) is 4.72. The van der Waals surface area contributed by atoms with Crippen LogP contribution >= 0.6 is 0 Å². The highest BCUT2D eigenvalue weighted by molar-refractivity contribution is 7.91. The van der Waals surface area contributed by atoms with Gasteiger partial charge in [-0.05, 0) is 12.1 Å². The average molecular weight is 218 g/mol. The van der Waals surface area contributed by atoms with Crippen molar-refractivity contribution in [1.82, 2.24) is 0 Å². The third-order valence-electron chi connectivity index (χ3n) is 1.65. The van der Waals surface area contributed by atoms with Gasteiger partial charge in [-0.15, -0.1) is 0 Å². The second kappa shape index (κ2) is 3.83. The third kappa shape index (κ3) is 1.95. The molecule has 0 aromatic carbocycles. The van der Waals surface area contributed by atoms with E-state index in [0.29, 0.717) is 0 Å². The first kappa shape index (κ1) is 10.8. The van der Waals surface area contributed by atoms with Crippen LogP contribution in [0.25, 0.3) is 0 Å². The summed E-state index contributed by atoms with van der Waals surface area (Å²) in [5.74, 6) is -0.872. The highest BCUT2D eigenvalue weighted by Crippen LogP contribution is 2.15. The number of hydrogen-bond acceptors (Lipinski definition) is 5. The molecule has 0 N–H and O–H groups in total. The van der Waals surface area contributed by atoms with Crippen molar-refractivity contribution in [2.75, 3.05) is 12.9 Å². The minimum atomic E-state index is -3.39. The Balaban J connectivity index is 3.06. The molecule has 0 bridgehead atoms. The molecule has 1 aromatic rings. The summed E-state index contributed by atoms with van der Waals surface area (Å²) in [6, 6.07) is 2.51. The molecule has 0 atom stereocenters. The fraction of sp³-hybridized carbons (Fsp3) is 0.375. The molecule has 0 fully saturated rings. The van der Waals surface area contributed by atoms with Gasteiger partial charge in [-0.25, -0.2) is 13.2 Å². The molecule has 5 nitrogen and oxygen atoms in total. The van der Waals surface area contributed by atoms with E-state index in [9.17, 15) is 13.2 Å². The fourth-order valence-corrected chi connectivity index (χ4v) is 1.62. The third-order valence-corrected chi connectivity index (χ3v) is 3.25. The lowest BCUT2D eigenvalue weighted by molar-refractivity contribution is 0.0559. The smallest absolute Gasteiger partial charge is 0.374 e. The van der Waals surface area contributed by atoms with Crippen LogP contribution in [0.5, 0.6) is 0 Å². The van der Waals surface area contributed by atoms with Gasteiger partial charge in [-0.2, -0.15) is 0 Å². The Morgan fingerprint density at radius 3 is 2.64 bits per heavy atom. The first-order valence-corrected chi connectivity index (χ1v) is 5.57. The van der Waals surface area contributed by atoms with Crippen molar-refractivity contribution in [2.24, 2.45) is 0 Å². The quantitative estimate of drug-likeness (QED) is 0.703. The monoisotopic (exact) mass is 218 g/mol. The molecule has 0 aliphatic rings. The van der Waals surface area contributed by atoms with Crippen LogP contribution in [0.1, 0.15) is 17.5 Å². The van der Waals surface area contributed by atoms with Crippen molar-refractivity contribution in [2.45, 2.75) is 12.0 Å². The van der Waals surface area contributed by atoms with Crippen molar-refractivity contribution in [1.29, 1.82) is 0 Å². The lowest BCUT2D eigenvalue weighted by Crippen LogP contribution is -2.02. The van der Waals surface area contributed by atoms with Crippen LogP contribution in [-0.2, 0) is 14.6 Å². The Morgan fingerprint density at radius 1 is 1.50 bits per heavy atom. The summed E-state index contributed by atoms with van der Waals surface area (Å²) in [6.07, 6.45) is 0. The maximum Gasteiger partial charge on any atom is 0.374 e. The highest BCUT2D eigenvalue weighted by atomic mass is 32.2. The normalized spacial score (nSPS) is 11.3. The zero-order valence-corrected chi connectivity index (χ0v) is 8.63. The SMILES string of the molecule is CCS(=O)(=O)c1ccc(C(=O)OC)o1. The van der Waals surface area contributed by atoms with E-state index in [-0.39, 0.29) is 16.6 Å². The Hall–Kier alpha value is -1.30. The molecule has 0 saturated heterocycles. The van der Waals surface area contributed by atoms with Gasteiger partial charge in [0, 0.05) is 0 Å². The molecule has 0 amide bonds. The van der Waals surface area contributed by atoms with E-state index in [1.807, 2.05) is 0 Å². The first-order valence-electron chi connectivity index (χ1n) is 3.92. The number of ether oxygens (including phenoxy) is 1. The van der Waals surface area contributed by atoms with E-state index in [2.05, 4.69) is 4.74 Å². The lowest BCUT2D eigenvalue weighted by atomic mass is 10.5. The predicted molar refractivity (Wildman–Crippen MR) is 47.8 cm³/mol. The minimum absolute atomic E-state index is 0.0683. The van der Waals surface area contributed by atoms with Crippen LogP contribution in [0, 0.1) is 0 Å². The molecular weight excluding hydrogens is 208 g/mol. The van der Waals surface area contributed by atoms with Crippen LogP contribution in [0.4, 0.5) is 0 Å². The van der Waals surface area contributed by atoms with E-state index in [1.165, 1.54) is 26.2 Å². The van der Waals surface area contributed by atoms with Gasteiger partial charge in [0.05, 0.1) is 12.9 Å². The number of sulfone groups is 1. The molecule has 0 aliphatic heterocycles. The summed E-state index contributed by atoms with van der Waals surface area (Å²) in [5.41, 5.74) is 0. The average Bonchev–Trinajstić information content (AvgIpc) is 2.66. The zero-order valence-electron chi connectivity index (χ0n) is 7.81. The van der Waals surface area contributed by atoms with Gasteiger partial charge in [0.15, 0.2) is 0 Å². The van der Waals surface area contributed by atoms with Crippen LogP contribution < -0.4 is 0 Å². The topological polar surface area (TPSA) is 73.6 Å². The molecular formula is C8H10O5S. The van der Waals surface area contributed by atoms with Crippen molar-refractivity contribution >= 4 is 15.8 Å². The number of carbonyl (C=O) groups is 1. The molecule has 6 heteroatoms. The van der Waals surface area contributed by atoms with Gasteiger partial charge < -0.3 is 9.15 Å². The van der Waals surface area contributed by atoms with Crippen molar-refractivity contribution < 1.29 is 22.4 Å². The van der Waals surface area contributed by atoms with Crippen LogP contribution in [0.3, 0.4) is 0 Å². The van der Waals surface area contributed by atoms with Gasteiger partial charge in [-0.1, -0.05) is 6.92 Å². The Kier molecular flexibility index (Phi) is 2.95. The predicted octanol–water partition coefficient (Wildman–Crippen LogP) is 0.860. The van der Waals surface area contributed by atoms with E-state index >= 15 is 0 Å². The molecule has 0 aliphatic carbocycles. The number of carbonyl (C=O) groups excluding carboxylic acids is 1. The van der Waals surface area contributed by atoms with Crippen LogP contribution in [0.2, 0.25) is 0 Å². The standard InChI is InChI=1S/C8H10O5S/c1-3-14(10,11)7-5-4-6(13-7)8(9)12-2/h4-5H,3H2,1-2H3. The van der Waals surface area contributed by atoms with Crippen molar-refractivity contribution in [3.63, 3.8) is 0 Å². The molecule has 1 aromatic heterocycles.